The summed E-state index contributed by atoms with van der Waals surface area (Å²) >= 11 is 0. The number of hydrogen-bond donors (Lipinski definition) is 0. The Morgan fingerprint density at radius 3 is 2.27 bits per heavy atom. The van der Waals surface area contributed by atoms with E-state index in [0.29, 0.717) is 12.2 Å². The predicted molar refractivity (Wildman–Crippen MR) is 92.8 cm³/mol. The fraction of sp³-hybridized carbons (Fsp3) is 0.700. The summed E-state index contributed by atoms with van der Waals surface area (Å²) < 4.78 is 0. The van der Waals surface area contributed by atoms with Crippen molar-refractivity contribution in [2.45, 2.75) is 78.6 Å². The Hall–Kier alpha value is -1.18. The second kappa shape index (κ2) is 9.76. The van der Waals surface area contributed by atoms with E-state index in [1.54, 1.807) is 6.92 Å². The van der Waals surface area contributed by atoms with Gasteiger partial charge in [0.15, 0.2) is 0 Å². The summed E-state index contributed by atoms with van der Waals surface area (Å²) in [5.41, 5.74) is 2.29. The first-order chi connectivity index (χ1) is 10.4. The lowest BCUT2D eigenvalue weighted by atomic mass is 9.78. The average molecular weight is 304 g/mol. The van der Waals surface area contributed by atoms with Crippen LogP contribution in [0.1, 0.15) is 78.6 Å². The van der Waals surface area contributed by atoms with Gasteiger partial charge in [0.2, 0.25) is 0 Å². The molecule has 2 nitrogen and oxygen atoms in total. The molecule has 0 radical (unpaired) electrons. The largest absolute Gasteiger partial charge is 0.300 e. The number of carbonyl (C=O) groups is 2. The van der Waals surface area contributed by atoms with Crippen molar-refractivity contribution >= 4 is 11.6 Å². The molecule has 0 aromatic heterocycles. The fourth-order valence-electron chi connectivity index (χ4n) is 3.30. The third kappa shape index (κ3) is 6.72. The lowest BCUT2D eigenvalue weighted by Gasteiger charge is -2.25. The van der Waals surface area contributed by atoms with Gasteiger partial charge in [-0.25, -0.2) is 0 Å². The summed E-state index contributed by atoms with van der Waals surface area (Å²) in [5, 5.41) is 0. The van der Waals surface area contributed by atoms with Crippen molar-refractivity contribution < 1.29 is 9.59 Å². The van der Waals surface area contributed by atoms with Crippen molar-refractivity contribution in [1.82, 2.24) is 0 Å². The van der Waals surface area contributed by atoms with Gasteiger partial charge in [-0.05, 0) is 52.9 Å². The summed E-state index contributed by atoms with van der Waals surface area (Å²) in [5.74, 6) is 0.928. The third-order valence-electron chi connectivity index (χ3n) is 4.76. The summed E-state index contributed by atoms with van der Waals surface area (Å²) in [6, 6.07) is 0. The maximum atomic E-state index is 12.7. The molecule has 0 bridgehead atoms. The number of ketones is 2. The van der Waals surface area contributed by atoms with E-state index in [9.17, 15) is 9.59 Å². The van der Waals surface area contributed by atoms with Crippen LogP contribution in [0.4, 0.5) is 0 Å². The molecular weight excluding hydrogens is 272 g/mol. The SMILES string of the molecule is C=C(C)C(CC/C(C)=C/CCC(C)=O)C(=O)C1CCCCC1. The van der Waals surface area contributed by atoms with Crippen molar-refractivity contribution in [2.24, 2.45) is 11.8 Å². The van der Waals surface area contributed by atoms with Crippen molar-refractivity contribution in [3.8, 4) is 0 Å². The van der Waals surface area contributed by atoms with E-state index in [2.05, 4.69) is 19.6 Å². The standard InChI is InChI=1S/C20H32O2/c1-15(2)19(20(22)18-11-6-5-7-12-18)14-13-16(3)9-8-10-17(4)21/h9,18-19H,1,5-8,10-14H2,2-4H3/b16-9+. The third-order valence-corrected chi connectivity index (χ3v) is 4.76. The topological polar surface area (TPSA) is 34.1 Å². The monoisotopic (exact) mass is 304 g/mol. The van der Waals surface area contributed by atoms with Crippen LogP contribution < -0.4 is 0 Å². The Morgan fingerprint density at radius 1 is 1.09 bits per heavy atom. The van der Waals surface area contributed by atoms with Gasteiger partial charge >= 0.3 is 0 Å². The van der Waals surface area contributed by atoms with E-state index in [-0.39, 0.29) is 17.6 Å². The molecule has 22 heavy (non-hydrogen) atoms. The number of rotatable bonds is 9. The van der Waals surface area contributed by atoms with E-state index in [1.807, 2.05) is 6.92 Å². The van der Waals surface area contributed by atoms with Crippen LogP contribution in [0.3, 0.4) is 0 Å². The number of Topliss-reactive ketones (excluding diaryl/α,β-unsaturated/α-hetero) is 2. The predicted octanol–water partition coefficient (Wildman–Crippen LogP) is 5.42. The highest BCUT2D eigenvalue weighted by molar-refractivity contribution is 5.85. The fourth-order valence-corrected chi connectivity index (χ4v) is 3.30. The van der Waals surface area contributed by atoms with E-state index < -0.39 is 0 Å². The first kappa shape index (κ1) is 18.9. The summed E-state index contributed by atoms with van der Waals surface area (Å²) in [6.45, 7) is 9.76. The summed E-state index contributed by atoms with van der Waals surface area (Å²) in [6.07, 6.45) is 11.2. The first-order valence-electron chi connectivity index (χ1n) is 8.76. The van der Waals surface area contributed by atoms with Crippen LogP contribution in [0.2, 0.25) is 0 Å². The van der Waals surface area contributed by atoms with Gasteiger partial charge in [-0.1, -0.05) is 43.1 Å². The van der Waals surface area contributed by atoms with Crippen molar-refractivity contribution in [3.63, 3.8) is 0 Å². The Balaban J connectivity index is 2.51. The summed E-state index contributed by atoms with van der Waals surface area (Å²) in [4.78, 5) is 23.7. The van der Waals surface area contributed by atoms with Crippen molar-refractivity contribution in [3.05, 3.63) is 23.8 Å². The van der Waals surface area contributed by atoms with Crippen LogP contribution in [-0.4, -0.2) is 11.6 Å². The molecule has 1 aliphatic carbocycles. The zero-order valence-corrected chi connectivity index (χ0v) is 14.6. The van der Waals surface area contributed by atoms with E-state index in [0.717, 1.165) is 37.7 Å². The van der Waals surface area contributed by atoms with Gasteiger partial charge in [0, 0.05) is 18.3 Å². The Labute approximate surface area is 136 Å². The molecule has 124 valence electrons. The molecule has 1 unspecified atom stereocenters. The lowest BCUT2D eigenvalue weighted by Crippen LogP contribution is -2.26. The minimum atomic E-state index is 0.0132. The van der Waals surface area contributed by atoms with Gasteiger partial charge < -0.3 is 4.79 Å². The highest BCUT2D eigenvalue weighted by Gasteiger charge is 2.28. The van der Waals surface area contributed by atoms with Crippen LogP contribution >= 0.6 is 0 Å². The quantitative estimate of drug-likeness (QED) is 0.533. The van der Waals surface area contributed by atoms with Crippen LogP contribution in [0.25, 0.3) is 0 Å². The molecule has 0 spiro atoms. The number of hydrogen-bond acceptors (Lipinski definition) is 2. The normalized spacial score (nSPS) is 18.0. The molecule has 0 amide bonds. The minimum Gasteiger partial charge on any atom is -0.300 e. The van der Waals surface area contributed by atoms with Crippen LogP contribution in [-0.2, 0) is 9.59 Å². The molecular formula is C20H32O2. The van der Waals surface area contributed by atoms with Gasteiger partial charge in [-0.2, -0.15) is 0 Å². The molecule has 2 heteroatoms. The molecule has 0 heterocycles. The van der Waals surface area contributed by atoms with Gasteiger partial charge in [0.1, 0.15) is 11.6 Å². The molecule has 0 aliphatic heterocycles. The molecule has 0 aromatic rings. The smallest absolute Gasteiger partial charge is 0.143 e. The molecule has 0 saturated heterocycles. The molecule has 1 rings (SSSR count). The maximum absolute atomic E-state index is 12.7. The zero-order chi connectivity index (χ0) is 16.5. The first-order valence-corrected chi connectivity index (χ1v) is 8.76. The summed E-state index contributed by atoms with van der Waals surface area (Å²) in [7, 11) is 0. The molecule has 1 atom stereocenters. The lowest BCUT2D eigenvalue weighted by molar-refractivity contribution is -0.126. The van der Waals surface area contributed by atoms with Crippen LogP contribution in [0, 0.1) is 11.8 Å². The van der Waals surface area contributed by atoms with Crippen molar-refractivity contribution in [2.75, 3.05) is 0 Å². The number of carbonyl (C=O) groups excluding carboxylic acids is 2. The van der Waals surface area contributed by atoms with Crippen LogP contribution in [0.15, 0.2) is 23.8 Å². The van der Waals surface area contributed by atoms with Gasteiger partial charge in [-0.3, -0.25) is 4.79 Å². The zero-order valence-electron chi connectivity index (χ0n) is 14.6. The van der Waals surface area contributed by atoms with Gasteiger partial charge in [-0.15, -0.1) is 0 Å². The highest BCUT2D eigenvalue weighted by Crippen LogP contribution is 2.31. The van der Waals surface area contributed by atoms with Gasteiger partial charge in [0.25, 0.3) is 0 Å². The minimum absolute atomic E-state index is 0.0132. The second-order valence-corrected chi connectivity index (χ2v) is 6.97. The maximum Gasteiger partial charge on any atom is 0.143 e. The average Bonchev–Trinajstić information content (AvgIpc) is 2.47. The molecule has 1 saturated carbocycles. The van der Waals surface area contributed by atoms with E-state index in [4.69, 9.17) is 0 Å². The molecule has 0 N–H and O–H groups in total. The highest BCUT2D eigenvalue weighted by atomic mass is 16.1. The molecule has 1 fully saturated rings. The van der Waals surface area contributed by atoms with E-state index >= 15 is 0 Å². The Bertz CT molecular complexity index is 425. The Morgan fingerprint density at radius 2 is 1.73 bits per heavy atom. The Kier molecular flexibility index (Phi) is 8.37. The van der Waals surface area contributed by atoms with Crippen molar-refractivity contribution in [1.29, 1.82) is 0 Å². The molecule has 1 aliphatic rings. The second-order valence-electron chi connectivity index (χ2n) is 6.97. The van der Waals surface area contributed by atoms with Crippen LogP contribution in [0.5, 0.6) is 0 Å². The molecule has 0 aromatic carbocycles. The number of allylic oxidation sites excluding steroid dienone is 3. The van der Waals surface area contributed by atoms with E-state index in [1.165, 1.54) is 24.8 Å². The van der Waals surface area contributed by atoms with Gasteiger partial charge in [0.05, 0.1) is 0 Å².